The molecule has 1 N–H and O–H groups in total. The highest BCUT2D eigenvalue weighted by molar-refractivity contribution is 9.10. The van der Waals surface area contributed by atoms with E-state index in [1.165, 1.54) is 5.56 Å². The molecule has 1 aromatic heterocycles. The van der Waals surface area contributed by atoms with Gasteiger partial charge < -0.3 is 10.2 Å². The van der Waals surface area contributed by atoms with E-state index in [9.17, 15) is 4.79 Å². The van der Waals surface area contributed by atoms with Crippen molar-refractivity contribution in [3.8, 4) is 11.3 Å². The van der Waals surface area contributed by atoms with Crippen LogP contribution in [0.15, 0.2) is 46.9 Å². The van der Waals surface area contributed by atoms with Crippen LogP contribution in [-0.4, -0.2) is 39.9 Å². The number of nitrogens with zero attached hydrogens (tertiary/aromatic N) is 4. The van der Waals surface area contributed by atoms with E-state index in [1.54, 1.807) is 19.0 Å². The molecule has 7 heteroatoms. The van der Waals surface area contributed by atoms with E-state index in [2.05, 4.69) is 61.9 Å². The minimum Gasteiger partial charge on any atom is -0.378 e. The number of amides is 1. The summed E-state index contributed by atoms with van der Waals surface area (Å²) in [7, 11) is 3.57. The van der Waals surface area contributed by atoms with Gasteiger partial charge in [0, 0.05) is 36.4 Å². The molecule has 2 aromatic carbocycles. The van der Waals surface area contributed by atoms with Crippen LogP contribution in [0.25, 0.3) is 11.3 Å². The van der Waals surface area contributed by atoms with Gasteiger partial charge in [-0.25, -0.2) is 4.68 Å². The zero-order valence-corrected chi connectivity index (χ0v) is 18.4. The number of nitrogens with one attached hydrogen (secondary N) is 1. The number of carbonyl (C=O) groups is 1. The molecule has 1 unspecified atom stereocenters. The molecule has 0 fully saturated rings. The van der Waals surface area contributed by atoms with Gasteiger partial charge in [-0.05, 0) is 48.7 Å². The molecule has 2 heterocycles. The van der Waals surface area contributed by atoms with E-state index in [0.29, 0.717) is 6.42 Å². The lowest BCUT2D eigenvalue weighted by atomic mass is 9.96. The Bertz CT molecular complexity index is 1060. The lowest BCUT2D eigenvalue weighted by Crippen LogP contribution is -2.23. The first-order chi connectivity index (χ1) is 13.9. The molecular weight excluding hydrogens is 430 g/mol. The number of likely N-dealkylation sites (N-methyl/N-ethyl adjacent to an activating group) is 1. The molecule has 150 valence electrons. The maximum absolute atomic E-state index is 12.1. The standard InChI is InChI=1S/C22H24BrN5O/c1-14-22-18-8-7-16(23)13-19(18)20(9-10-28(22)26-25-14)24-17-6-4-5-15(11-17)12-21(29)27(2)3/h4-8,11,13,20,24H,9-10,12H2,1-3H3. The summed E-state index contributed by atoms with van der Waals surface area (Å²) < 4.78 is 3.04. The lowest BCUT2D eigenvalue weighted by Gasteiger charge is -2.21. The number of halogens is 1. The zero-order valence-electron chi connectivity index (χ0n) is 16.8. The number of rotatable bonds is 4. The average molecular weight is 454 g/mol. The summed E-state index contributed by atoms with van der Waals surface area (Å²) in [6, 6.07) is 14.6. The summed E-state index contributed by atoms with van der Waals surface area (Å²) in [6.45, 7) is 2.79. The van der Waals surface area contributed by atoms with Gasteiger partial charge in [-0.2, -0.15) is 0 Å². The van der Waals surface area contributed by atoms with Crippen molar-refractivity contribution < 1.29 is 4.79 Å². The summed E-state index contributed by atoms with van der Waals surface area (Å²) >= 11 is 3.62. The van der Waals surface area contributed by atoms with Gasteiger partial charge in [-0.3, -0.25) is 4.79 Å². The van der Waals surface area contributed by atoms with Crippen LogP contribution in [0.2, 0.25) is 0 Å². The highest BCUT2D eigenvalue weighted by Crippen LogP contribution is 2.38. The molecule has 1 amide bonds. The van der Waals surface area contributed by atoms with Gasteiger partial charge in [0.25, 0.3) is 0 Å². The number of hydrogen-bond acceptors (Lipinski definition) is 4. The van der Waals surface area contributed by atoms with E-state index >= 15 is 0 Å². The predicted octanol–water partition coefficient (Wildman–Crippen LogP) is 4.20. The summed E-state index contributed by atoms with van der Waals surface area (Å²) in [5.41, 5.74) is 6.42. The molecule has 29 heavy (non-hydrogen) atoms. The first-order valence-corrected chi connectivity index (χ1v) is 10.5. The lowest BCUT2D eigenvalue weighted by molar-refractivity contribution is -0.127. The number of hydrogen-bond donors (Lipinski definition) is 1. The van der Waals surface area contributed by atoms with Gasteiger partial charge in [-0.1, -0.05) is 39.3 Å². The molecule has 1 aliphatic rings. The van der Waals surface area contributed by atoms with Gasteiger partial charge in [0.05, 0.1) is 23.9 Å². The van der Waals surface area contributed by atoms with Crippen molar-refractivity contribution >= 4 is 27.5 Å². The van der Waals surface area contributed by atoms with Gasteiger partial charge in [0.1, 0.15) is 0 Å². The predicted molar refractivity (Wildman–Crippen MR) is 118 cm³/mol. The van der Waals surface area contributed by atoms with Crippen molar-refractivity contribution in [3.63, 3.8) is 0 Å². The van der Waals surface area contributed by atoms with E-state index in [0.717, 1.165) is 45.6 Å². The second-order valence-electron chi connectivity index (χ2n) is 7.63. The number of benzene rings is 2. The van der Waals surface area contributed by atoms with Gasteiger partial charge in [-0.15, -0.1) is 5.10 Å². The normalized spacial score (nSPS) is 15.2. The Morgan fingerprint density at radius 1 is 1.28 bits per heavy atom. The molecular formula is C22H24BrN5O. The van der Waals surface area contributed by atoms with Gasteiger partial charge >= 0.3 is 0 Å². The van der Waals surface area contributed by atoms with E-state index in [-0.39, 0.29) is 11.9 Å². The Labute approximate surface area is 179 Å². The topological polar surface area (TPSA) is 63.1 Å². The maximum atomic E-state index is 12.1. The molecule has 1 aliphatic heterocycles. The van der Waals surface area contributed by atoms with Crippen molar-refractivity contribution in [2.75, 3.05) is 19.4 Å². The molecule has 0 spiro atoms. The maximum Gasteiger partial charge on any atom is 0.226 e. The Morgan fingerprint density at radius 2 is 2.10 bits per heavy atom. The molecule has 0 aliphatic carbocycles. The first-order valence-electron chi connectivity index (χ1n) is 9.68. The van der Waals surface area contributed by atoms with Crippen molar-refractivity contribution in [2.45, 2.75) is 32.4 Å². The smallest absolute Gasteiger partial charge is 0.226 e. The summed E-state index contributed by atoms with van der Waals surface area (Å²) in [5, 5.41) is 12.3. The van der Waals surface area contributed by atoms with Crippen molar-refractivity contribution in [1.29, 1.82) is 0 Å². The highest BCUT2D eigenvalue weighted by Gasteiger charge is 2.25. The first kappa shape index (κ1) is 19.6. The number of anilines is 1. The zero-order chi connectivity index (χ0) is 20.5. The molecule has 0 radical (unpaired) electrons. The minimum absolute atomic E-state index is 0.0966. The third-order valence-corrected chi connectivity index (χ3v) is 5.79. The molecule has 0 saturated heterocycles. The Kier molecular flexibility index (Phi) is 5.41. The van der Waals surface area contributed by atoms with Crippen molar-refractivity contribution in [3.05, 3.63) is 63.8 Å². The van der Waals surface area contributed by atoms with Crippen LogP contribution in [0.4, 0.5) is 5.69 Å². The third-order valence-electron chi connectivity index (χ3n) is 5.30. The van der Waals surface area contributed by atoms with E-state index in [1.807, 2.05) is 23.7 Å². The van der Waals surface area contributed by atoms with Crippen molar-refractivity contribution in [2.24, 2.45) is 0 Å². The highest BCUT2D eigenvalue weighted by atomic mass is 79.9. The van der Waals surface area contributed by atoms with Crippen LogP contribution < -0.4 is 5.32 Å². The molecule has 6 nitrogen and oxygen atoms in total. The second-order valence-corrected chi connectivity index (χ2v) is 8.54. The molecule has 0 saturated carbocycles. The fraction of sp³-hybridized carbons (Fsp3) is 0.318. The van der Waals surface area contributed by atoms with Gasteiger partial charge in [0.15, 0.2) is 0 Å². The quantitative estimate of drug-likeness (QED) is 0.642. The monoisotopic (exact) mass is 453 g/mol. The van der Waals surface area contributed by atoms with Crippen LogP contribution >= 0.6 is 15.9 Å². The molecule has 1 atom stereocenters. The number of aryl methyl sites for hydroxylation is 2. The molecule has 0 bridgehead atoms. The van der Waals surface area contributed by atoms with Crippen LogP contribution in [-0.2, 0) is 17.8 Å². The molecule has 3 aromatic rings. The van der Waals surface area contributed by atoms with E-state index in [4.69, 9.17) is 0 Å². The fourth-order valence-corrected chi connectivity index (χ4v) is 4.17. The summed E-state index contributed by atoms with van der Waals surface area (Å²) in [6.07, 6.45) is 1.29. The van der Waals surface area contributed by atoms with Gasteiger partial charge in [0.2, 0.25) is 5.91 Å². The average Bonchev–Trinajstić information content (AvgIpc) is 2.98. The Balaban J connectivity index is 1.66. The van der Waals surface area contributed by atoms with Crippen LogP contribution in [0.5, 0.6) is 0 Å². The van der Waals surface area contributed by atoms with Crippen LogP contribution in [0.1, 0.15) is 29.3 Å². The number of fused-ring (bicyclic) bond motifs is 3. The SMILES string of the molecule is Cc1nnn2c1-c1ccc(Br)cc1C(Nc1cccc(CC(=O)N(C)C)c1)CC2. The summed E-state index contributed by atoms with van der Waals surface area (Å²) in [5.74, 6) is 0.0966. The third kappa shape index (κ3) is 4.05. The fourth-order valence-electron chi connectivity index (χ4n) is 3.79. The Hall–Kier alpha value is -2.67. The minimum atomic E-state index is 0.0966. The number of carbonyl (C=O) groups excluding carboxylic acids is 1. The van der Waals surface area contributed by atoms with Crippen LogP contribution in [0, 0.1) is 6.92 Å². The van der Waals surface area contributed by atoms with E-state index < -0.39 is 0 Å². The summed E-state index contributed by atoms with van der Waals surface area (Å²) in [4.78, 5) is 13.7. The molecule has 4 rings (SSSR count). The second kappa shape index (κ2) is 7.99. The Morgan fingerprint density at radius 3 is 2.90 bits per heavy atom. The van der Waals surface area contributed by atoms with Crippen LogP contribution in [0.3, 0.4) is 0 Å². The largest absolute Gasteiger partial charge is 0.378 e. The van der Waals surface area contributed by atoms with Crippen molar-refractivity contribution in [1.82, 2.24) is 19.9 Å². The number of aromatic nitrogens is 3.